The number of aromatic amines is 1. The first-order valence-corrected chi connectivity index (χ1v) is 7.96. The van der Waals surface area contributed by atoms with Gasteiger partial charge in [0.05, 0.1) is 17.7 Å². The van der Waals surface area contributed by atoms with Gasteiger partial charge in [-0.3, -0.25) is 4.99 Å². The molecule has 1 heterocycles. The lowest BCUT2D eigenvalue weighted by Gasteiger charge is -2.05. The predicted octanol–water partition coefficient (Wildman–Crippen LogP) is 0.835. The molecule has 0 saturated heterocycles. The molecule has 21 heavy (non-hydrogen) atoms. The molecule has 0 bridgehead atoms. The number of H-pyrrole nitrogens is 1. The lowest BCUT2D eigenvalue weighted by atomic mass is 10.3. The van der Waals surface area contributed by atoms with Crippen LogP contribution in [0.2, 0.25) is 0 Å². The van der Waals surface area contributed by atoms with Crippen molar-refractivity contribution in [3.63, 3.8) is 0 Å². The van der Waals surface area contributed by atoms with Crippen molar-refractivity contribution in [3.8, 4) is 0 Å². The summed E-state index contributed by atoms with van der Waals surface area (Å²) in [6.45, 7) is 7.85. The number of nitrogens with zero attached hydrogens (tertiary/aromatic N) is 2. The summed E-state index contributed by atoms with van der Waals surface area (Å²) >= 11 is 0. The predicted molar refractivity (Wildman–Crippen MR) is 89.0 cm³/mol. The number of aliphatic imine (C=N–C) groups is 1. The van der Waals surface area contributed by atoms with Crippen LogP contribution < -0.4 is 16.4 Å². The summed E-state index contributed by atoms with van der Waals surface area (Å²) in [7, 11) is 0. The van der Waals surface area contributed by atoms with E-state index in [2.05, 4.69) is 25.6 Å². The number of nitrogens with two attached hydrogens (primary N) is 1. The molecule has 0 spiro atoms. The zero-order valence-electron chi connectivity index (χ0n) is 13.2. The third-order valence-corrected chi connectivity index (χ3v) is 3.24. The maximum absolute atomic E-state index is 5.43. The smallest absolute Gasteiger partial charge is 0.0928 e. The molecule has 0 unspecified atom stereocenters. The number of aromatic nitrogens is 2. The Hall–Kier alpha value is -1.24. The first kappa shape index (κ1) is 17.8. The molecule has 0 saturated carbocycles. The van der Waals surface area contributed by atoms with Crippen LogP contribution in [-0.4, -0.2) is 55.5 Å². The van der Waals surface area contributed by atoms with E-state index >= 15 is 0 Å². The second kappa shape index (κ2) is 12.5. The topological polar surface area (TPSA) is 91.1 Å². The molecule has 1 aromatic heterocycles. The third kappa shape index (κ3) is 9.33. The first-order chi connectivity index (χ1) is 10.3. The Morgan fingerprint density at radius 1 is 1.14 bits per heavy atom. The van der Waals surface area contributed by atoms with Crippen molar-refractivity contribution >= 4 is 6.21 Å². The minimum absolute atomic E-state index is 0.775. The van der Waals surface area contributed by atoms with Gasteiger partial charge in [-0.05, 0) is 65.3 Å². The third-order valence-electron chi connectivity index (χ3n) is 3.24. The molecule has 120 valence electrons. The molecule has 6 heteroatoms. The van der Waals surface area contributed by atoms with Gasteiger partial charge in [0.2, 0.25) is 0 Å². The Bertz CT molecular complexity index is 374. The molecule has 6 nitrogen and oxygen atoms in total. The van der Waals surface area contributed by atoms with Crippen molar-refractivity contribution in [1.82, 2.24) is 20.6 Å². The van der Waals surface area contributed by atoms with Gasteiger partial charge in [0.15, 0.2) is 0 Å². The summed E-state index contributed by atoms with van der Waals surface area (Å²) in [6, 6.07) is 0. The largest absolute Gasteiger partial charge is 0.344 e. The molecular formula is C15H30N6. The van der Waals surface area contributed by atoms with Crippen molar-refractivity contribution in [2.24, 2.45) is 10.7 Å². The van der Waals surface area contributed by atoms with Gasteiger partial charge >= 0.3 is 0 Å². The molecule has 0 amide bonds. The number of imidazole rings is 1. The van der Waals surface area contributed by atoms with Crippen molar-refractivity contribution in [2.45, 2.75) is 32.6 Å². The van der Waals surface area contributed by atoms with Crippen LogP contribution in [0.15, 0.2) is 11.3 Å². The van der Waals surface area contributed by atoms with E-state index in [9.17, 15) is 0 Å². The molecule has 0 aliphatic carbocycles. The van der Waals surface area contributed by atoms with Crippen LogP contribution in [0.3, 0.4) is 0 Å². The van der Waals surface area contributed by atoms with E-state index in [0.29, 0.717) is 0 Å². The number of rotatable bonds is 13. The monoisotopic (exact) mass is 294 g/mol. The molecule has 0 aliphatic rings. The van der Waals surface area contributed by atoms with E-state index in [1.807, 2.05) is 13.1 Å². The number of nitrogens with one attached hydrogen (secondary N) is 3. The maximum Gasteiger partial charge on any atom is 0.0928 e. The fourth-order valence-electron chi connectivity index (χ4n) is 1.93. The Balaban J connectivity index is 1.83. The number of unbranched alkanes of at least 4 members (excludes halogenated alkanes) is 1. The van der Waals surface area contributed by atoms with Gasteiger partial charge in [0, 0.05) is 12.8 Å². The Morgan fingerprint density at radius 2 is 1.81 bits per heavy atom. The van der Waals surface area contributed by atoms with Gasteiger partial charge in [0.1, 0.15) is 0 Å². The first-order valence-electron chi connectivity index (χ1n) is 7.96. The second-order valence-corrected chi connectivity index (χ2v) is 5.14. The molecule has 5 N–H and O–H groups in total. The molecule has 0 atom stereocenters. The fourth-order valence-corrected chi connectivity index (χ4v) is 1.93. The van der Waals surface area contributed by atoms with E-state index in [0.717, 1.165) is 63.5 Å². The number of hydrogen-bond donors (Lipinski definition) is 4. The lowest BCUT2D eigenvalue weighted by Crippen LogP contribution is -2.21. The quantitative estimate of drug-likeness (QED) is 0.320. The molecule has 1 aromatic rings. The number of aryl methyl sites for hydroxylation is 1. The van der Waals surface area contributed by atoms with Gasteiger partial charge in [-0.25, -0.2) is 4.98 Å². The van der Waals surface area contributed by atoms with Gasteiger partial charge in [-0.15, -0.1) is 0 Å². The van der Waals surface area contributed by atoms with Crippen LogP contribution in [0, 0.1) is 6.92 Å². The van der Waals surface area contributed by atoms with Crippen molar-refractivity contribution in [1.29, 1.82) is 0 Å². The van der Waals surface area contributed by atoms with E-state index in [1.165, 1.54) is 12.8 Å². The Kier molecular flexibility index (Phi) is 10.6. The van der Waals surface area contributed by atoms with Gasteiger partial charge in [0.25, 0.3) is 0 Å². The summed E-state index contributed by atoms with van der Waals surface area (Å²) in [6.07, 6.45) is 8.13. The van der Waals surface area contributed by atoms with Crippen LogP contribution in [0.4, 0.5) is 0 Å². The Morgan fingerprint density at radius 3 is 2.43 bits per heavy atom. The molecule has 1 rings (SSSR count). The zero-order chi connectivity index (χ0) is 15.2. The van der Waals surface area contributed by atoms with Crippen molar-refractivity contribution < 1.29 is 0 Å². The van der Waals surface area contributed by atoms with Gasteiger partial charge < -0.3 is 21.4 Å². The van der Waals surface area contributed by atoms with E-state index in [1.54, 1.807) is 6.33 Å². The molecule has 0 fully saturated rings. The summed E-state index contributed by atoms with van der Waals surface area (Å²) in [5, 5.41) is 6.84. The molecule has 0 aromatic carbocycles. The molecular weight excluding hydrogens is 264 g/mol. The summed E-state index contributed by atoms with van der Waals surface area (Å²) in [5.74, 6) is 0. The van der Waals surface area contributed by atoms with Crippen LogP contribution in [-0.2, 0) is 0 Å². The summed E-state index contributed by atoms with van der Waals surface area (Å²) in [4.78, 5) is 11.6. The summed E-state index contributed by atoms with van der Waals surface area (Å²) in [5.41, 5.74) is 7.43. The normalized spacial score (nSPS) is 11.5. The number of hydrogen-bond acceptors (Lipinski definition) is 5. The van der Waals surface area contributed by atoms with Crippen LogP contribution >= 0.6 is 0 Å². The van der Waals surface area contributed by atoms with Crippen LogP contribution in [0.25, 0.3) is 0 Å². The average Bonchev–Trinajstić information content (AvgIpc) is 2.89. The minimum atomic E-state index is 0.775. The van der Waals surface area contributed by atoms with Gasteiger partial charge in [-0.2, -0.15) is 0 Å². The fraction of sp³-hybridized carbons (Fsp3) is 0.733. The highest BCUT2D eigenvalue weighted by Crippen LogP contribution is 1.96. The molecule has 0 radical (unpaired) electrons. The van der Waals surface area contributed by atoms with Crippen molar-refractivity contribution in [2.75, 3.05) is 39.3 Å². The zero-order valence-corrected chi connectivity index (χ0v) is 13.2. The highest BCUT2D eigenvalue weighted by Gasteiger charge is 1.94. The lowest BCUT2D eigenvalue weighted by molar-refractivity contribution is 0.570. The van der Waals surface area contributed by atoms with Crippen LogP contribution in [0.1, 0.15) is 37.1 Å². The standard InChI is InChI=1S/C15H30N6/c1-14-15(21-13-20-14)12-19-11-5-10-18-8-3-2-7-17-9-4-6-16/h12-13,17-18H,2-11,16H2,1H3,(H,20,21)/b19-12+. The SMILES string of the molecule is Cc1nc[nH]c1/C=N/CCCNCCCCNCCCN. The highest BCUT2D eigenvalue weighted by atomic mass is 14.9. The van der Waals surface area contributed by atoms with Crippen molar-refractivity contribution in [3.05, 3.63) is 17.7 Å². The highest BCUT2D eigenvalue weighted by molar-refractivity contribution is 5.78. The van der Waals surface area contributed by atoms with E-state index in [4.69, 9.17) is 5.73 Å². The van der Waals surface area contributed by atoms with E-state index in [-0.39, 0.29) is 0 Å². The molecule has 0 aliphatic heterocycles. The van der Waals surface area contributed by atoms with Gasteiger partial charge in [-0.1, -0.05) is 0 Å². The minimum Gasteiger partial charge on any atom is -0.344 e. The Labute approximate surface area is 128 Å². The second-order valence-electron chi connectivity index (χ2n) is 5.14. The van der Waals surface area contributed by atoms with Crippen LogP contribution in [0.5, 0.6) is 0 Å². The maximum atomic E-state index is 5.43. The summed E-state index contributed by atoms with van der Waals surface area (Å²) < 4.78 is 0. The average molecular weight is 294 g/mol. The van der Waals surface area contributed by atoms with E-state index < -0.39 is 0 Å².